The van der Waals surface area contributed by atoms with Crippen molar-refractivity contribution < 1.29 is 19.1 Å². The van der Waals surface area contributed by atoms with E-state index in [1.807, 2.05) is 4.90 Å². The van der Waals surface area contributed by atoms with Gasteiger partial charge in [-0.25, -0.2) is 0 Å². The first kappa shape index (κ1) is 14.7. The van der Waals surface area contributed by atoms with Crippen molar-refractivity contribution in [2.24, 2.45) is 5.92 Å². The number of carbonyl (C=O) groups excluding carboxylic acids is 2. The third-order valence-electron chi connectivity index (χ3n) is 4.08. The second-order valence-electron chi connectivity index (χ2n) is 5.85. The summed E-state index contributed by atoms with van der Waals surface area (Å²) in [6, 6.07) is 5.15. The zero-order chi connectivity index (χ0) is 15.5. The molecule has 118 valence electrons. The molecule has 1 N–H and O–H groups in total. The Morgan fingerprint density at radius 2 is 2.18 bits per heavy atom. The molecule has 0 aromatic heterocycles. The summed E-state index contributed by atoms with van der Waals surface area (Å²) >= 11 is 0. The van der Waals surface area contributed by atoms with Crippen LogP contribution in [0.5, 0.6) is 11.5 Å². The van der Waals surface area contributed by atoms with Crippen LogP contribution in [0.1, 0.15) is 19.8 Å². The number of piperidine rings is 1. The molecule has 1 aromatic carbocycles. The van der Waals surface area contributed by atoms with Crippen molar-refractivity contribution in [2.45, 2.75) is 19.8 Å². The summed E-state index contributed by atoms with van der Waals surface area (Å²) in [5, 5.41) is 2.72. The highest BCUT2D eigenvalue weighted by Gasteiger charge is 2.21. The number of likely N-dealkylation sites (tertiary alicyclic amines) is 1. The Morgan fingerprint density at radius 1 is 1.41 bits per heavy atom. The third kappa shape index (κ3) is 3.32. The van der Waals surface area contributed by atoms with Gasteiger partial charge in [0, 0.05) is 19.2 Å². The third-order valence-corrected chi connectivity index (χ3v) is 4.08. The molecule has 2 aliphatic rings. The van der Waals surface area contributed by atoms with Crippen molar-refractivity contribution in [3.63, 3.8) is 0 Å². The van der Waals surface area contributed by atoms with Crippen LogP contribution in [-0.2, 0) is 9.59 Å². The lowest BCUT2D eigenvalue weighted by Crippen LogP contribution is -2.40. The van der Waals surface area contributed by atoms with Crippen LogP contribution in [0.25, 0.3) is 0 Å². The van der Waals surface area contributed by atoms with Crippen molar-refractivity contribution in [2.75, 3.05) is 31.6 Å². The van der Waals surface area contributed by atoms with Gasteiger partial charge in [-0.05, 0) is 30.9 Å². The molecule has 1 fully saturated rings. The summed E-state index contributed by atoms with van der Waals surface area (Å²) < 4.78 is 10.8. The molecule has 0 bridgehead atoms. The standard InChI is InChI=1S/C16H20N2O4/c1-11-4-6-18(7-5-11)16(20)10-21-12-2-3-14-13(8-12)17-15(19)9-22-14/h2-3,8,11H,4-7,9-10H2,1H3,(H,17,19). The summed E-state index contributed by atoms with van der Waals surface area (Å²) in [6.45, 7) is 3.86. The fraction of sp³-hybridized carbons (Fsp3) is 0.500. The van der Waals surface area contributed by atoms with E-state index in [0.29, 0.717) is 23.1 Å². The predicted molar refractivity (Wildman–Crippen MR) is 81.0 cm³/mol. The van der Waals surface area contributed by atoms with E-state index in [4.69, 9.17) is 9.47 Å². The van der Waals surface area contributed by atoms with Crippen LogP contribution in [-0.4, -0.2) is 43.0 Å². The molecule has 3 rings (SSSR count). The number of carbonyl (C=O) groups is 2. The minimum Gasteiger partial charge on any atom is -0.484 e. The number of rotatable bonds is 3. The number of anilines is 1. The molecule has 6 heteroatoms. The smallest absolute Gasteiger partial charge is 0.262 e. The predicted octanol–water partition coefficient (Wildman–Crippen LogP) is 1.65. The van der Waals surface area contributed by atoms with Gasteiger partial charge < -0.3 is 19.7 Å². The maximum absolute atomic E-state index is 12.1. The fourth-order valence-corrected chi connectivity index (χ4v) is 2.65. The molecule has 22 heavy (non-hydrogen) atoms. The molecule has 6 nitrogen and oxygen atoms in total. The lowest BCUT2D eigenvalue weighted by Gasteiger charge is -2.30. The second-order valence-corrected chi connectivity index (χ2v) is 5.85. The van der Waals surface area contributed by atoms with E-state index in [9.17, 15) is 9.59 Å². The molecule has 1 aromatic rings. The minimum atomic E-state index is -0.192. The largest absolute Gasteiger partial charge is 0.484 e. The number of hydrogen-bond donors (Lipinski definition) is 1. The number of amides is 2. The molecule has 0 radical (unpaired) electrons. The van der Waals surface area contributed by atoms with E-state index in [0.717, 1.165) is 25.9 Å². The number of hydrogen-bond acceptors (Lipinski definition) is 4. The van der Waals surface area contributed by atoms with Gasteiger partial charge >= 0.3 is 0 Å². The average Bonchev–Trinajstić information content (AvgIpc) is 2.53. The molecule has 0 unspecified atom stereocenters. The number of fused-ring (bicyclic) bond motifs is 1. The summed E-state index contributed by atoms with van der Waals surface area (Å²) in [5.41, 5.74) is 0.577. The van der Waals surface area contributed by atoms with Crippen molar-refractivity contribution in [1.29, 1.82) is 0 Å². The van der Waals surface area contributed by atoms with E-state index >= 15 is 0 Å². The molecular weight excluding hydrogens is 284 g/mol. The van der Waals surface area contributed by atoms with Gasteiger partial charge in [-0.2, -0.15) is 0 Å². The van der Waals surface area contributed by atoms with E-state index < -0.39 is 0 Å². The Labute approximate surface area is 129 Å². The van der Waals surface area contributed by atoms with Gasteiger partial charge in [-0.15, -0.1) is 0 Å². The van der Waals surface area contributed by atoms with Gasteiger partial charge in [0.05, 0.1) is 5.69 Å². The summed E-state index contributed by atoms with van der Waals surface area (Å²) in [6.07, 6.45) is 2.10. The van der Waals surface area contributed by atoms with Gasteiger partial charge in [-0.3, -0.25) is 9.59 Å². The van der Waals surface area contributed by atoms with Crippen LogP contribution >= 0.6 is 0 Å². The van der Waals surface area contributed by atoms with Crippen LogP contribution in [0.15, 0.2) is 18.2 Å². The lowest BCUT2D eigenvalue weighted by molar-refractivity contribution is -0.134. The number of nitrogens with one attached hydrogen (secondary N) is 1. The maximum atomic E-state index is 12.1. The van der Waals surface area contributed by atoms with Crippen LogP contribution in [0.4, 0.5) is 5.69 Å². The fourth-order valence-electron chi connectivity index (χ4n) is 2.65. The molecule has 2 heterocycles. The van der Waals surface area contributed by atoms with E-state index in [1.54, 1.807) is 18.2 Å². The van der Waals surface area contributed by atoms with E-state index in [2.05, 4.69) is 12.2 Å². The Kier molecular flexibility index (Phi) is 4.18. The highest BCUT2D eigenvalue weighted by atomic mass is 16.5. The van der Waals surface area contributed by atoms with E-state index in [-0.39, 0.29) is 25.0 Å². The molecule has 2 aliphatic heterocycles. The molecule has 0 atom stereocenters. The normalized spacial score (nSPS) is 18.2. The van der Waals surface area contributed by atoms with Gasteiger partial charge in [0.1, 0.15) is 11.5 Å². The van der Waals surface area contributed by atoms with Crippen molar-refractivity contribution in [3.05, 3.63) is 18.2 Å². The number of ether oxygens (including phenoxy) is 2. The lowest BCUT2D eigenvalue weighted by atomic mass is 9.99. The topological polar surface area (TPSA) is 67.9 Å². The Bertz CT molecular complexity index is 580. The van der Waals surface area contributed by atoms with Gasteiger partial charge in [0.25, 0.3) is 11.8 Å². The van der Waals surface area contributed by atoms with Crippen LogP contribution in [0, 0.1) is 5.92 Å². The van der Waals surface area contributed by atoms with Gasteiger partial charge in [0.15, 0.2) is 13.2 Å². The zero-order valence-corrected chi connectivity index (χ0v) is 12.6. The molecule has 0 aliphatic carbocycles. The van der Waals surface area contributed by atoms with E-state index in [1.165, 1.54) is 0 Å². The quantitative estimate of drug-likeness (QED) is 0.922. The maximum Gasteiger partial charge on any atom is 0.262 e. The average molecular weight is 304 g/mol. The van der Waals surface area contributed by atoms with Crippen LogP contribution < -0.4 is 14.8 Å². The monoisotopic (exact) mass is 304 g/mol. The molecular formula is C16H20N2O4. The molecule has 1 saturated heterocycles. The highest BCUT2D eigenvalue weighted by molar-refractivity contribution is 5.95. The molecule has 2 amide bonds. The first-order valence-electron chi connectivity index (χ1n) is 7.59. The first-order valence-corrected chi connectivity index (χ1v) is 7.59. The Morgan fingerprint density at radius 3 is 2.95 bits per heavy atom. The van der Waals surface area contributed by atoms with Crippen molar-refractivity contribution in [1.82, 2.24) is 4.90 Å². The van der Waals surface area contributed by atoms with Crippen LogP contribution in [0.3, 0.4) is 0 Å². The summed E-state index contributed by atoms with van der Waals surface area (Å²) in [7, 11) is 0. The number of nitrogens with zero attached hydrogens (tertiary/aromatic N) is 1. The van der Waals surface area contributed by atoms with Gasteiger partial charge in [-0.1, -0.05) is 6.92 Å². The summed E-state index contributed by atoms with van der Waals surface area (Å²) in [5.74, 6) is 1.66. The second kappa shape index (κ2) is 6.25. The highest BCUT2D eigenvalue weighted by Crippen LogP contribution is 2.31. The first-order chi connectivity index (χ1) is 10.6. The van der Waals surface area contributed by atoms with Crippen LogP contribution in [0.2, 0.25) is 0 Å². The molecule has 0 saturated carbocycles. The molecule has 0 spiro atoms. The SMILES string of the molecule is CC1CCN(C(=O)COc2ccc3c(c2)NC(=O)CO3)CC1. The van der Waals surface area contributed by atoms with Crippen molar-refractivity contribution in [3.8, 4) is 11.5 Å². The van der Waals surface area contributed by atoms with Crippen molar-refractivity contribution >= 4 is 17.5 Å². The summed E-state index contributed by atoms with van der Waals surface area (Å²) in [4.78, 5) is 25.3. The van der Waals surface area contributed by atoms with Gasteiger partial charge in [0.2, 0.25) is 0 Å². The zero-order valence-electron chi connectivity index (χ0n) is 12.6. The Hall–Kier alpha value is -2.24. The Balaban J connectivity index is 1.56. The minimum absolute atomic E-state index is 0.00454. The number of benzene rings is 1.